The first-order valence-corrected chi connectivity index (χ1v) is 5.82. The molecule has 0 aliphatic heterocycles. The molecule has 1 aromatic rings. The molecule has 0 saturated carbocycles. The van der Waals surface area contributed by atoms with E-state index >= 15 is 0 Å². The molecular weight excluding hydrogens is 286 g/mol. The highest BCUT2D eigenvalue weighted by molar-refractivity contribution is 6.48. The number of carbonyl (C=O) groups is 2. The zero-order valence-corrected chi connectivity index (χ0v) is 11.2. The molecule has 0 atom stereocenters. The summed E-state index contributed by atoms with van der Waals surface area (Å²) in [6.07, 6.45) is -0.241. The molecule has 0 saturated heterocycles. The molecule has 0 aliphatic carbocycles. The van der Waals surface area contributed by atoms with Crippen LogP contribution < -0.4 is 0 Å². The van der Waals surface area contributed by atoms with Gasteiger partial charge in [0.25, 0.3) is 0 Å². The largest absolute Gasteiger partial charge is 0.460 e. The van der Waals surface area contributed by atoms with Gasteiger partial charge in [-0.15, -0.1) is 0 Å². The Kier molecular flexibility index (Phi) is 5.25. The van der Waals surface area contributed by atoms with E-state index < -0.39 is 5.97 Å². The van der Waals surface area contributed by atoms with Crippen molar-refractivity contribution in [2.24, 2.45) is 0 Å². The topological polar surface area (TPSA) is 43.4 Å². The van der Waals surface area contributed by atoms with Crippen LogP contribution in [-0.2, 0) is 20.9 Å². The highest BCUT2D eigenvalue weighted by atomic mass is 35.5. The zero-order valence-electron chi connectivity index (χ0n) is 8.93. The molecule has 17 heavy (non-hydrogen) atoms. The lowest BCUT2D eigenvalue weighted by Gasteiger charge is -2.06. The Morgan fingerprint density at radius 3 is 2.18 bits per heavy atom. The van der Waals surface area contributed by atoms with Gasteiger partial charge in [0, 0.05) is 0 Å². The van der Waals surface area contributed by atoms with Gasteiger partial charge in [0.2, 0.25) is 0 Å². The highest BCUT2D eigenvalue weighted by Gasteiger charge is 2.09. The molecule has 0 aliphatic rings. The summed E-state index contributed by atoms with van der Waals surface area (Å²) < 4.78 is 4.87. The van der Waals surface area contributed by atoms with E-state index in [2.05, 4.69) is 0 Å². The maximum absolute atomic E-state index is 11.1. The van der Waals surface area contributed by atoms with Crippen LogP contribution in [0.5, 0.6) is 0 Å². The summed E-state index contributed by atoms with van der Waals surface area (Å²) in [5.41, 5.74) is 0.612. The lowest BCUT2D eigenvalue weighted by atomic mass is 10.2. The Labute approximate surface area is 114 Å². The first-order valence-electron chi connectivity index (χ1n) is 4.68. The van der Waals surface area contributed by atoms with Crippen molar-refractivity contribution in [1.29, 1.82) is 0 Å². The number of hydrogen-bond acceptors (Lipinski definition) is 3. The smallest absolute Gasteiger partial charge is 0.313 e. The van der Waals surface area contributed by atoms with Crippen molar-refractivity contribution in [3.8, 4) is 0 Å². The molecule has 1 aromatic carbocycles. The molecule has 92 valence electrons. The number of ether oxygens (including phenoxy) is 1. The second-order valence-corrected chi connectivity index (χ2v) is 4.61. The fourth-order valence-corrected chi connectivity index (χ4v) is 1.75. The van der Waals surface area contributed by atoms with Crippen LogP contribution in [-0.4, -0.2) is 11.8 Å². The van der Waals surface area contributed by atoms with Crippen LogP contribution in [0.25, 0.3) is 0 Å². The van der Waals surface area contributed by atoms with Crippen molar-refractivity contribution in [3.05, 3.63) is 32.8 Å². The van der Waals surface area contributed by atoms with Crippen LogP contribution in [0.1, 0.15) is 18.9 Å². The second kappa shape index (κ2) is 6.24. The minimum atomic E-state index is -0.584. The number of halogens is 3. The number of ketones is 1. The maximum atomic E-state index is 11.1. The molecule has 0 heterocycles. The molecular formula is C11H9Cl3O3. The van der Waals surface area contributed by atoms with E-state index in [0.29, 0.717) is 5.56 Å². The monoisotopic (exact) mass is 294 g/mol. The van der Waals surface area contributed by atoms with E-state index in [4.69, 9.17) is 39.5 Å². The predicted octanol–water partition coefficient (Wildman–Crippen LogP) is 3.67. The molecule has 0 spiro atoms. The summed E-state index contributed by atoms with van der Waals surface area (Å²) in [5, 5.41) is 0.834. The number of esters is 1. The third-order valence-corrected chi connectivity index (χ3v) is 3.03. The minimum absolute atomic E-state index is 0.00270. The molecule has 0 bridgehead atoms. The van der Waals surface area contributed by atoms with E-state index in [9.17, 15) is 9.59 Å². The number of benzene rings is 1. The maximum Gasteiger partial charge on any atom is 0.313 e. The Bertz CT molecular complexity index is 434. The molecule has 0 unspecified atom stereocenters. The average molecular weight is 296 g/mol. The van der Waals surface area contributed by atoms with E-state index in [1.807, 2.05) is 0 Å². The van der Waals surface area contributed by atoms with Crippen molar-refractivity contribution in [3.63, 3.8) is 0 Å². The van der Waals surface area contributed by atoms with Crippen molar-refractivity contribution in [2.75, 3.05) is 0 Å². The molecule has 1 rings (SSSR count). The fourth-order valence-electron chi connectivity index (χ4n) is 1.11. The second-order valence-electron chi connectivity index (χ2n) is 3.41. The fraction of sp³-hybridized carbons (Fsp3) is 0.273. The SMILES string of the molecule is CC(=O)CC(=O)OCc1cc(Cl)c(Cl)c(Cl)c1. The zero-order chi connectivity index (χ0) is 13.0. The highest BCUT2D eigenvalue weighted by Crippen LogP contribution is 2.31. The lowest BCUT2D eigenvalue weighted by Crippen LogP contribution is -2.08. The molecule has 0 N–H and O–H groups in total. The summed E-state index contributed by atoms with van der Waals surface area (Å²) in [6.45, 7) is 1.32. The van der Waals surface area contributed by atoms with Gasteiger partial charge in [-0.2, -0.15) is 0 Å². The summed E-state index contributed by atoms with van der Waals surface area (Å²) in [5.74, 6) is -0.832. The predicted molar refractivity (Wildman–Crippen MR) is 66.6 cm³/mol. The van der Waals surface area contributed by atoms with Crippen molar-refractivity contribution < 1.29 is 14.3 Å². The number of carbonyl (C=O) groups excluding carboxylic acids is 2. The van der Waals surface area contributed by atoms with Crippen LogP contribution in [0.15, 0.2) is 12.1 Å². The van der Waals surface area contributed by atoms with Gasteiger partial charge in [-0.1, -0.05) is 34.8 Å². The molecule has 0 aromatic heterocycles. The van der Waals surface area contributed by atoms with Crippen LogP contribution in [0.2, 0.25) is 15.1 Å². The Morgan fingerprint density at radius 2 is 1.71 bits per heavy atom. The van der Waals surface area contributed by atoms with Gasteiger partial charge in [0.15, 0.2) is 0 Å². The van der Waals surface area contributed by atoms with Gasteiger partial charge < -0.3 is 4.74 Å². The van der Waals surface area contributed by atoms with Crippen LogP contribution in [0.4, 0.5) is 0 Å². The van der Waals surface area contributed by atoms with Gasteiger partial charge in [0.1, 0.15) is 18.8 Å². The van der Waals surface area contributed by atoms with E-state index in [1.165, 1.54) is 6.92 Å². The first-order chi connectivity index (χ1) is 7.90. The van der Waals surface area contributed by atoms with Crippen molar-refractivity contribution in [1.82, 2.24) is 0 Å². The lowest BCUT2D eigenvalue weighted by molar-refractivity contribution is -0.146. The van der Waals surface area contributed by atoms with Crippen molar-refractivity contribution in [2.45, 2.75) is 20.0 Å². The molecule has 0 amide bonds. The average Bonchev–Trinajstić information content (AvgIpc) is 2.22. The first kappa shape index (κ1) is 14.3. The van der Waals surface area contributed by atoms with Crippen LogP contribution >= 0.6 is 34.8 Å². The van der Waals surface area contributed by atoms with Gasteiger partial charge in [-0.25, -0.2) is 0 Å². The van der Waals surface area contributed by atoms with Crippen LogP contribution in [0.3, 0.4) is 0 Å². The summed E-state index contributed by atoms with van der Waals surface area (Å²) in [6, 6.07) is 3.10. The van der Waals surface area contributed by atoms with Crippen LogP contribution in [0, 0.1) is 0 Å². The summed E-state index contributed by atoms with van der Waals surface area (Å²) >= 11 is 17.4. The number of Topliss-reactive ketones (excluding diaryl/α,β-unsaturated/α-hetero) is 1. The Hall–Kier alpha value is -0.770. The molecule has 3 nitrogen and oxygen atoms in total. The summed E-state index contributed by atoms with van der Waals surface area (Å²) in [4.78, 5) is 21.8. The standard InChI is InChI=1S/C11H9Cl3O3/c1-6(15)2-10(16)17-5-7-3-8(12)11(14)9(13)4-7/h3-4H,2,5H2,1H3. The Balaban J connectivity index is 2.64. The van der Waals surface area contributed by atoms with E-state index in [-0.39, 0.29) is 33.9 Å². The minimum Gasteiger partial charge on any atom is -0.460 e. The third kappa shape index (κ3) is 4.54. The molecule has 0 radical (unpaired) electrons. The number of rotatable bonds is 4. The van der Waals surface area contributed by atoms with Gasteiger partial charge in [-0.3, -0.25) is 9.59 Å². The van der Waals surface area contributed by atoms with Gasteiger partial charge in [0.05, 0.1) is 15.1 Å². The number of hydrogen-bond donors (Lipinski definition) is 0. The Morgan fingerprint density at radius 1 is 1.18 bits per heavy atom. The molecule has 6 heteroatoms. The summed E-state index contributed by atoms with van der Waals surface area (Å²) in [7, 11) is 0. The van der Waals surface area contributed by atoms with Gasteiger partial charge >= 0.3 is 5.97 Å². The van der Waals surface area contributed by atoms with E-state index in [1.54, 1.807) is 12.1 Å². The quantitative estimate of drug-likeness (QED) is 0.483. The van der Waals surface area contributed by atoms with E-state index in [0.717, 1.165) is 0 Å². The van der Waals surface area contributed by atoms with Gasteiger partial charge in [-0.05, 0) is 24.6 Å². The molecule has 0 fully saturated rings. The normalized spacial score (nSPS) is 10.1. The van der Waals surface area contributed by atoms with Crippen molar-refractivity contribution >= 4 is 46.6 Å². The third-order valence-electron chi connectivity index (χ3n) is 1.84.